The Balaban J connectivity index is 1.55. The number of ketones is 1. The van der Waals surface area contributed by atoms with Crippen LogP contribution in [-0.4, -0.2) is 45.9 Å². The molecule has 11 heteroatoms. The molecule has 0 saturated heterocycles. The van der Waals surface area contributed by atoms with E-state index in [2.05, 4.69) is 15.6 Å². The molecule has 4 rings (SSSR count). The highest BCUT2D eigenvalue weighted by Crippen LogP contribution is 2.40. The highest BCUT2D eigenvalue weighted by Gasteiger charge is 2.46. The van der Waals surface area contributed by atoms with Crippen molar-refractivity contribution >= 4 is 28.6 Å². The summed E-state index contributed by atoms with van der Waals surface area (Å²) in [6.07, 6.45) is -4.34. The number of alkyl halides is 3. The number of aromatic nitrogens is 1. The number of Topliss-reactive ketones (excluding diaryl/α,β-unsaturated/α-hetero) is 1. The summed E-state index contributed by atoms with van der Waals surface area (Å²) in [5.41, 5.74) is -1.55. The Labute approximate surface area is 228 Å². The van der Waals surface area contributed by atoms with Crippen LogP contribution in [0.2, 0.25) is 0 Å². The Kier molecular flexibility index (Phi) is 8.34. The summed E-state index contributed by atoms with van der Waals surface area (Å²) in [6.45, 7) is 3.39. The van der Waals surface area contributed by atoms with E-state index in [1.54, 1.807) is 13.0 Å². The molecule has 0 spiro atoms. The first-order valence-corrected chi connectivity index (χ1v) is 13.1. The number of amides is 1. The fourth-order valence-corrected chi connectivity index (χ4v) is 5.29. The average Bonchev–Trinajstić information content (AvgIpc) is 3.27. The fraction of sp³-hybridized carbons (Fsp3) is 0.414. The zero-order valence-corrected chi connectivity index (χ0v) is 22.1. The van der Waals surface area contributed by atoms with Crippen molar-refractivity contribution < 1.29 is 37.1 Å². The number of aromatic amines is 1. The van der Waals surface area contributed by atoms with Crippen molar-refractivity contribution in [2.24, 2.45) is 5.92 Å². The van der Waals surface area contributed by atoms with Crippen molar-refractivity contribution in [2.75, 3.05) is 6.54 Å². The topological polar surface area (TPSA) is 111 Å². The summed E-state index contributed by atoms with van der Waals surface area (Å²) in [6, 6.07) is 8.71. The zero-order chi connectivity index (χ0) is 29.2. The van der Waals surface area contributed by atoms with Crippen LogP contribution in [0, 0.1) is 11.7 Å². The third kappa shape index (κ3) is 5.89. The average molecular weight is 562 g/mol. The molecule has 0 fully saturated rings. The number of halogens is 4. The number of H-pyrrole nitrogens is 1. The van der Waals surface area contributed by atoms with Gasteiger partial charge >= 0.3 is 12.1 Å². The lowest BCUT2D eigenvalue weighted by atomic mass is 9.79. The quantitative estimate of drug-likeness (QED) is 0.271. The van der Waals surface area contributed by atoms with Crippen LogP contribution in [0.4, 0.5) is 17.6 Å². The number of benzene rings is 2. The summed E-state index contributed by atoms with van der Waals surface area (Å²) in [5, 5.41) is 16.1. The molecule has 3 atom stereocenters. The van der Waals surface area contributed by atoms with Gasteiger partial charge in [0.15, 0.2) is 5.78 Å². The second kappa shape index (κ2) is 11.4. The molecule has 1 unspecified atom stereocenters. The number of carboxylic acid groups (broad SMARTS) is 1. The number of hydrogen-bond acceptors (Lipinski definition) is 4. The molecule has 0 saturated carbocycles. The number of hydrogen-bond donors (Lipinski definition) is 4. The molecule has 1 amide bonds. The van der Waals surface area contributed by atoms with Gasteiger partial charge in [0.25, 0.3) is 0 Å². The van der Waals surface area contributed by atoms with Gasteiger partial charge in [0, 0.05) is 23.9 Å². The van der Waals surface area contributed by atoms with Gasteiger partial charge in [-0.1, -0.05) is 50.6 Å². The summed E-state index contributed by atoms with van der Waals surface area (Å²) in [5.74, 6) is -3.07. The number of carbonyl (C=O) groups is 3. The molecule has 0 aliphatic heterocycles. The van der Waals surface area contributed by atoms with Crippen LogP contribution >= 0.6 is 0 Å². The number of nitrogens with one attached hydrogen (secondary N) is 3. The van der Waals surface area contributed by atoms with Crippen molar-refractivity contribution in [3.63, 3.8) is 0 Å². The number of carboxylic acids is 1. The largest absolute Gasteiger partial charge is 0.479 e. The first-order valence-electron chi connectivity index (χ1n) is 13.1. The van der Waals surface area contributed by atoms with Gasteiger partial charge in [0.1, 0.15) is 11.4 Å². The van der Waals surface area contributed by atoms with E-state index in [0.29, 0.717) is 17.7 Å². The highest BCUT2D eigenvalue weighted by atomic mass is 19.4. The van der Waals surface area contributed by atoms with Gasteiger partial charge in [-0.05, 0) is 42.0 Å². The second-order valence-corrected chi connectivity index (χ2v) is 10.4. The molecule has 2 aromatic carbocycles. The molecule has 0 bridgehead atoms. The van der Waals surface area contributed by atoms with Gasteiger partial charge in [-0.3, -0.25) is 14.9 Å². The molecular formula is C29H31F4N3O4. The van der Waals surface area contributed by atoms with E-state index in [-0.39, 0.29) is 60.4 Å². The first kappa shape index (κ1) is 29.3. The molecule has 214 valence electrons. The molecule has 1 heterocycles. The lowest BCUT2D eigenvalue weighted by molar-refractivity contribution is -0.149. The molecule has 0 radical (unpaired) electrons. The SMILES string of the molecule is CCC(C)[C@H](NCC(=O)Cc1ccccc1F)C(=O)N[C@]1(C(=O)O)CCc2[nH]c3c(C(F)(F)F)cccc3c2C1. The standard InChI is InChI=1S/C29H31F4N3O4/c1-3-16(2)24(34-15-18(37)13-17-7-4-5-10-22(17)30)26(38)36-28(27(39)40)12-11-23-20(14-28)19-8-6-9-21(25(19)35-23)29(31,32)33/h4-10,16,24,34-35H,3,11-15H2,1-2H3,(H,36,38)(H,39,40)/t16?,24-,28+/m0/s1. The number of rotatable bonds is 10. The predicted octanol–water partition coefficient (Wildman–Crippen LogP) is 4.57. The summed E-state index contributed by atoms with van der Waals surface area (Å²) in [7, 11) is 0. The fourth-order valence-electron chi connectivity index (χ4n) is 5.29. The third-order valence-electron chi connectivity index (χ3n) is 7.75. The van der Waals surface area contributed by atoms with Crippen LogP contribution in [0.15, 0.2) is 42.5 Å². The number of fused-ring (bicyclic) bond motifs is 3. The molecule has 1 aliphatic carbocycles. The molecule has 7 nitrogen and oxygen atoms in total. The predicted molar refractivity (Wildman–Crippen MR) is 140 cm³/mol. The number of aryl methyl sites for hydroxylation is 1. The highest BCUT2D eigenvalue weighted by molar-refractivity contribution is 5.93. The van der Waals surface area contributed by atoms with Gasteiger partial charge in [-0.15, -0.1) is 0 Å². The van der Waals surface area contributed by atoms with E-state index in [9.17, 15) is 37.1 Å². The van der Waals surface area contributed by atoms with Crippen molar-refractivity contribution in [3.05, 3.63) is 70.7 Å². The van der Waals surface area contributed by atoms with Gasteiger partial charge in [-0.25, -0.2) is 9.18 Å². The van der Waals surface area contributed by atoms with Crippen LogP contribution < -0.4 is 10.6 Å². The minimum absolute atomic E-state index is 0.0330. The summed E-state index contributed by atoms with van der Waals surface area (Å²) >= 11 is 0. The van der Waals surface area contributed by atoms with E-state index < -0.39 is 41.0 Å². The maximum absolute atomic E-state index is 13.9. The monoisotopic (exact) mass is 561 g/mol. The van der Waals surface area contributed by atoms with E-state index in [1.165, 1.54) is 30.3 Å². The van der Waals surface area contributed by atoms with E-state index in [0.717, 1.165) is 6.07 Å². The molecule has 4 N–H and O–H groups in total. The molecule has 1 aliphatic rings. The normalized spacial score (nSPS) is 18.6. The van der Waals surface area contributed by atoms with E-state index in [4.69, 9.17) is 0 Å². The summed E-state index contributed by atoms with van der Waals surface area (Å²) in [4.78, 5) is 41.4. The maximum Gasteiger partial charge on any atom is 0.418 e. The Morgan fingerprint density at radius 3 is 2.50 bits per heavy atom. The number of para-hydroxylation sites is 1. The van der Waals surface area contributed by atoms with Gasteiger partial charge in [-0.2, -0.15) is 13.2 Å². The summed E-state index contributed by atoms with van der Waals surface area (Å²) < 4.78 is 54.7. The molecule has 1 aromatic heterocycles. The smallest absolute Gasteiger partial charge is 0.418 e. The van der Waals surface area contributed by atoms with Crippen molar-refractivity contribution in [3.8, 4) is 0 Å². The van der Waals surface area contributed by atoms with Crippen LogP contribution in [0.1, 0.15) is 49.1 Å². The van der Waals surface area contributed by atoms with Crippen molar-refractivity contribution in [1.29, 1.82) is 0 Å². The second-order valence-electron chi connectivity index (χ2n) is 10.4. The molecular weight excluding hydrogens is 530 g/mol. The van der Waals surface area contributed by atoms with Crippen LogP contribution in [0.25, 0.3) is 10.9 Å². The first-order chi connectivity index (χ1) is 18.9. The van der Waals surface area contributed by atoms with Gasteiger partial charge in [0.2, 0.25) is 5.91 Å². The van der Waals surface area contributed by atoms with Crippen LogP contribution in [0.3, 0.4) is 0 Å². The van der Waals surface area contributed by atoms with Gasteiger partial charge < -0.3 is 15.4 Å². The molecule has 40 heavy (non-hydrogen) atoms. The van der Waals surface area contributed by atoms with Crippen molar-refractivity contribution in [1.82, 2.24) is 15.6 Å². The van der Waals surface area contributed by atoms with Crippen LogP contribution in [0.5, 0.6) is 0 Å². The minimum Gasteiger partial charge on any atom is -0.479 e. The molecule has 3 aromatic rings. The Morgan fingerprint density at radius 2 is 1.85 bits per heavy atom. The Hall–Kier alpha value is -3.73. The third-order valence-corrected chi connectivity index (χ3v) is 7.75. The van der Waals surface area contributed by atoms with Crippen molar-refractivity contribution in [2.45, 2.75) is 63.7 Å². The maximum atomic E-state index is 13.9. The zero-order valence-electron chi connectivity index (χ0n) is 22.1. The van der Waals surface area contributed by atoms with Crippen LogP contribution in [-0.2, 0) is 39.8 Å². The number of aliphatic carboxylic acids is 1. The van der Waals surface area contributed by atoms with Gasteiger partial charge in [0.05, 0.1) is 23.7 Å². The van der Waals surface area contributed by atoms with E-state index >= 15 is 0 Å². The minimum atomic E-state index is -4.59. The Morgan fingerprint density at radius 1 is 1.12 bits per heavy atom. The lowest BCUT2D eigenvalue weighted by Crippen LogP contribution is -2.62. The van der Waals surface area contributed by atoms with E-state index in [1.807, 2.05) is 6.92 Å². The number of carbonyl (C=O) groups excluding carboxylic acids is 2. The lowest BCUT2D eigenvalue weighted by Gasteiger charge is -2.36. The Bertz CT molecular complexity index is 1430.